The van der Waals surface area contributed by atoms with Gasteiger partial charge in [-0.1, -0.05) is 48.0 Å². The van der Waals surface area contributed by atoms with Crippen LogP contribution in [0.5, 0.6) is 0 Å². The molecule has 4 aromatic rings. The molecule has 0 saturated heterocycles. The summed E-state index contributed by atoms with van der Waals surface area (Å²) in [5.41, 5.74) is 4.40. The second kappa shape index (κ2) is 7.37. The number of aromatic nitrogens is 4. The highest BCUT2D eigenvalue weighted by atomic mass is 16.1. The van der Waals surface area contributed by atoms with E-state index in [2.05, 4.69) is 15.5 Å². The SMILES string of the molecule is Cc1ccc(-c2cc(C(=O)NCCn3cnnc3)c3ccccc3n2)cc1. The second-order valence-electron chi connectivity index (χ2n) is 6.39. The summed E-state index contributed by atoms with van der Waals surface area (Å²) in [5, 5.41) is 11.3. The van der Waals surface area contributed by atoms with E-state index in [0.717, 1.165) is 22.2 Å². The van der Waals surface area contributed by atoms with E-state index in [1.807, 2.05) is 66.1 Å². The molecule has 0 aliphatic heterocycles. The molecule has 1 amide bonds. The van der Waals surface area contributed by atoms with E-state index in [1.54, 1.807) is 12.7 Å². The fraction of sp³-hybridized carbons (Fsp3) is 0.143. The molecule has 1 N–H and O–H groups in total. The van der Waals surface area contributed by atoms with Crippen molar-refractivity contribution < 1.29 is 4.79 Å². The minimum Gasteiger partial charge on any atom is -0.350 e. The zero-order chi connectivity index (χ0) is 18.6. The minimum atomic E-state index is -0.116. The number of pyridine rings is 1. The van der Waals surface area contributed by atoms with E-state index in [4.69, 9.17) is 4.98 Å². The molecule has 0 saturated carbocycles. The van der Waals surface area contributed by atoms with Crippen LogP contribution in [-0.4, -0.2) is 32.2 Å². The van der Waals surface area contributed by atoms with Crippen molar-refractivity contribution in [2.24, 2.45) is 0 Å². The lowest BCUT2D eigenvalue weighted by Crippen LogP contribution is -2.27. The molecule has 2 aromatic carbocycles. The van der Waals surface area contributed by atoms with Gasteiger partial charge in [0.25, 0.3) is 5.91 Å². The van der Waals surface area contributed by atoms with Gasteiger partial charge < -0.3 is 9.88 Å². The van der Waals surface area contributed by atoms with Crippen LogP contribution < -0.4 is 5.32 Å². The molecule has 4 rings (SSSR count). The summed E-state index contributed by atoms with van der Waals surface area (Å²) < 4.78 is 1.82. The third-order valence-corrected chi connectivity index (χ3v) is 4.43. The molecule has 2 aromatic heterocycles. The van der Waals surface area contributed by atoms with Gasteiger partial charge in [-0.3, -0.25) is 4.79 Å². The zero-order valence-electron chi connectivity index (χ0n) is 15.0. The predicted octanol–water partition coefficient (Wildman–Crippen LogP) is 3.23. The van der Waals surface area contributed by atoms with E-state index in [0.29, 0.717) is 18.7 Å². The van der Waals surface area contributed by atoms with Gasteiger partial charge in [0.1, 0.15) is 12.7 Å². The van der Waals surface area contributed by atoms with Crippen LogP contribution in [0.15, 0.2) is 67.3 Å². The van der Waals surface area contributed by atoms with Gasteiger partial charge >= 0.3 is 0 Å². The van der Waals surface area contributed by atoms with Gasteiger partial charge in [0, 0.05) is 24.0 Å². The fourth-order valence-electron chi connectivity index (χ4n) is 2.97. The number of benzene rings is 2. The van der Waals surface area contributed by atoms with E-state index < -0.39 is 0 Å². The Morgan fingerprint density at radius 2 is 1.78 bits per heavy atom. The molecule has 6 nitrogen and oxygen atoms in total. The van der Waals surface area contributed by atoms with Crippen molar-refractivity contribution >= 4 is 16.8 Å². The highest BCUT2D eigenvalue weighted by Crippen LogP contribution is 2.25. The van der Waals surface area contributed by atoms with Crippen molar-refractivity contribution in [1.82, 2.24) is 25.1 Å². The maximum absolute atomic E-state index is 12.8. The largest absolute Gasteiger partial charge is 0.350 e. The first kappa shape index (κ1) is 16.9. The summed E-state index contributed by atoms with van der Waals surface area (Å²) in [6.07, 6.45) is 3.26. The first-order valence-corrected chi connectivity index (χ1v) is 8.78. The Bertz CT molecular complexity index is 1070. The Hall–Kier alpha value is -3.54. The van der Waals surface area contributed by atoms with Crippen molar-refractivity contribution in [2.45, 2.75) is 13.5 Å². The maximum Gasteiger partial charge on any atom is 0.252 e. The smallest absolute Gasteiger partial charge is 0.252 e. The molecule has 0 fully saturated rings. The molecule has 0 radical (unpaired) electrons. The number of hydrogen-bond donors (Lipinski definition) is 1. The first-order valence-electron chi connectivity index (χ1n) is 8.78. The molecule has 2 heterocycles. The molecule has 0 aliphatic rings. The summed E-state index contributed by atoms with van der Waals surface area (Å²) in [4.78, 5) is 17.6. The summed E-state index contributed by atoms with van der Waals surface area (Å²) in [6.45, 7) is 3.16. The average molecular weight is 357 g/mol. The van der Waals surface area contributed by atoms with Gasteiger partial charge in [0.2, 0.25) is 0 Å². The number of hydrogen-bond acceptors (Lipinski definition) is 4. The number of aryl methyl sites for hydroxylation is 1. The van der Waals surface area contributed by atoms with Crippen LogP contribution in [-0.2, 0) is 6.54 Å². The van der Waals surface area contributed by atoms with Gasteiger partial charge in [-0.15, -0.1) is 10.2 Å². The monoisotopic (exact) mass is 357 g/mol. The quantitative estimate of drug-likeness (QED) is 0.595. The van der Waals surface area contributed by atoms with Gasteiger partial charge in [-0.05, 0) is 19.1 Å². The number of nitrogens with one attached hydrogen (secondary N) is 1. The highest BCUT2D eigenvalue weighted by molar-refractivity contribution is 6.07. The first-order chi connectivity index (χ1) is 13.2. The lowest BCUT2D eigenvalue weighted by Gasteiger charge is -2.11. The predicted molar refractivity (Wildman–Crippen MR) is 104 cm³/mol. The van der Waals surface area contributed by atoms with Crippen LogP contribution in [0.1, 0.15) is 15.9 Å². The highest BCUT2D eigenvalue weighted by Gasteiger charge is 2.13. The summed E-state index contributed by atoms with van der Waals surface area (Å²) >= 11 is 0. The molecule has 0 unspecified atom stereocenters. The summed E-state index contributed by atoms with van der Waals surface area (Å²) in [5.74, 6) is -0.116. The Morgan fingerprint density at radius 1 is 1.04 bits per heavy atom. The van der Waals surface area contributed by atoms with Crippen molar-refractivity contribution in [3.05, 3.63) is 78.4 Å². The van der Waals surface area contributed by atoms with Gasteiger partial charge in [0.15, 0.2) is 0 Å². The maximum atomic E-state index is 12.8. The zero-order valence-corrected chi connectivity index (χ0v) is 15.0. The average Bonchev–Trinajstić information content (AvgIpc) is 3.21. The van der Waals surface area contributed by atoms with Crippen LogP contribution in [0.4, 0.5) is 0 Å². The van der Waals surface area contributed by atoms with Crippen molar-refractivity contribution in [1.29, 1.82) is 0 Å². The normalized spacial score (nSPS) is 10.9. The third-order valence-electron chi connectivity index (χ3n) is 4.43. The van der Waals surface area contributed by atoms with E-state index in [-0.39, 0.29) is 5.91 Å². The van der Waals surface area contributed by atoms with Crippen molar-refractivity contribution in [3.63, 3.8) is 0 Å². The van der Waals surface area contributed by atoms with Crippen LogP contribution in [0.2, 0.25) is 0 Å². The molecule has 0 atom stereocenters. The summed E-state index contributed by atoms with van der Waals surface area (Å²) in [6, 6.07) is 17.7. The lowest BCUT2D eigenvalue weighted by atomic mass is 10.0. The van der Waals surface area contributed by atoms with Gasteiger partial charge in [-0.25, -0.2) is 4.98 Å². The summed E-state index contributed by atoms with van der Waals surface area (Å²) in [7, 11) is 0. The number of nitrogens with zero attached hydrogens (tertiary/aromatic N) is 4. The molecular formula is C21H19N5O. The van der Waals surface area contributed by atoms with Crippen LogP contribution in [0.25, 0.3) is 22.2 Å². The molecule has 0 aliphatic carbocycles. The number of fused-ring (bicyclic) bond motifs is 1. The third kappa shape index (κ3) is 3.69. The van der Waals surface area contributed by atoms with Crippen LogP contribution in [0.3, 0.4) is 0 Å². The number of para-hydroxylation sites is 1. The van der Waals surface area contributed by atoms with Crippen molar-refractivity contribution in [2.75, 3.05) is 6.54 Å². The molecule has 0 spiro atoms. The van der Waals surface area contributed by atoms with Crippen LogP contribution >= 0.6 is 0 Å². The van der Waals surface area contributed by atoms with Gasteiger partial charge in [0.05, 0.1) is 16.8 Å². The second-order valence-corrected chi connectivity index (χ2v) is 6.39. The molecular weight excluding hydrogens is 338 g/mol. The fourth-order valence-corrected chi connectivity index (χ4v) is 2.97. The van der Waals surface area contributed by atoms with E-state index in [9.17, 15) is 4.79 Å². The Labute approximate surface area is 156 Å². The molecule has 134 valence electrons. The minimum absolute atomic E-state index is 0.116. The molecule has 27 heavy (non-hydrogen) atoms. The van der Waals surface area contributed by atoms with E-state index in [1.165, 1.54) is 5.56 Å². The Kier molecular flexibility index (Phi) is 4.61. The molecule has 0 bridgehead atoms. The number of amides is 1. The number of rotatable bonds is 5. The molecule has 6 heteroatoms. The number of carbonyl (C=O) groups is 1. The van der Waals surface area contributed by atoms with Crippen LogP contribution in [0, 0.1) is 6.92 Å². The standard InChI is InChI=1S/C21H19N5O/c1-15-6-8-16(9-7-15)20-12-18(17-4-2-3-5-19(17)25-20)21(27)22-10-11-26-13-23-24-14-26/h2-9,12-14H,10-11H2,1H3,(H,22,27). The Balaban J connectivity index is 1.65. The Morgan fingerprint density at radius 3 is 2.56 bits per heavy atom. The number of carbonyl (C=O) groups excluding carboxylic acids is 1. The van der Waals surface area contributed by atoms with Crippen molar-refractivity contribution in [3.8, 4) is 11.3 Å². The van der Waals surface area contributed by atoms with E-state index >= 15 is 0 Å². The lowest BCUT2D eigenvalue weighted by molar-refractivity contribution is 0.0954. The topological polar surface area (TPSA) is 72.7 Å². The van der Waals surface area contributed by atoms with Gasteiger partial charge in [-0.2, -0.15) is 0 Å².